The summed E-state index contributed by atoms with van der Waals surface area (Å²) in [6.07, 6.45) is 2.92. The highest BCUT2D eigenvalue weighted by atomic mass is 35.5. The van der Waals surface area contributed by atoms with Gasteiger partial charge in [0.05, 0.1) is 19.0 Å². The molecule has 1 atom stereocenters. The molecule has 25 heavy (non-hydrogen) atoms. The third-order valence-corrected chi connectivity index (χ3v) is 4.29. The lowest BCUT2D eigenvalue weighted by Crippen LogP contribution is -2.38. The summed E-state index contributed by atoms with van der Waals surface area (Å²) in [5.74, 6) is 0. The first-order chi connectivity index (χ1) is 11.5. The molecule has 2 aromatic heterocycles. The summed E-state index contributed by atoms with van der Waals surface area (Å²) in [7, 11) is 3.00. The number of aromatic nitrogens is 4. The Bertz CT molecular complexity index is 897. The number of nitrogens with zero attached hydrogens (tertiary/aromatic N) is 5. The van der Waals surface area contributed by atoms with Crippen molar-refractivity contribution in [3.63, 3.8) is 0 Å². The fraction of sp³-hybridized carbons (Fsp3) is 0.600. The van der Waals surface area contributed by atoms with E-state index in [1.807, 2.05) is 0 Å². The Morgan fingerprint density at radius 1 is 1.32 bits per heavy atom. The van der Waals surface area contributed by atoms with Crippen LogP contribution in [0.3, 0.4) is 0 Å². The maximum Gasteiger partial charge on any atom is 0.332 e. The van der Waals surface area contributed by atoms with Crippen LogP contribution in [0.5, 0.6) is 0 Å². The highest BCUT2D eigenvalue weighted by Gasteiger charge is 2.16. The van der Waals surface area contributed by atoms with Gasteiger partial charge in [-0.1, -0.05) is 0 Å². The predicted octanol–water partition coefficient (Wildman–Crippen LogP) is -0.959. The van der Waals surface area contributed by atoms with Crippen molar-refractivity contribution < 1.29 is 5.11 Å². The van der Waals surface area contributed by atoms with Crippen molar-refractivity contribution in [1.29, 1.82) is 0 Å². The van der Waals surface area contributed by atoms with Gasteiger partial charge in [-0.25, -0.2) is 9.78 Å². The van der Waals surface area contributed by atoms with Crippen molar-refractivity contribution in [2.45, 2.75) is 25.5 Å². The molecule has 2 N–H and O–H groups in total. The molecule has 0 radical (unpaired) electrons. The fourth-order valence-corrected chi connectivity index (χ4v) is 2.95. The molecule has 9 nitrogen and oxygen atoms in total. The summed E-state index contributed by atoms with van der Waals surface area (Å²) in [4.78, 5) is 32.7. The smallest absolute Gasteiger partial charge is 0.332 e. The van der Waals surface area contributed by atoms with Gasteiger partial charge in [0.2, 0.25) is 0 Å². The van der Waals surface area contributed by atoms with E-state index >= 15 is 0 Å². The van der Waals surface area contributed by atoms with Gasteiger partial charge >= 0.3 is 5.69 Å². The van der Waals surface area contributed by atoms with Crippen LogP contribution in [0, 0.1) is 0 Å². The zero-order valence-corrected chi connectivity index (χ0v) is 15.1. The second-order valence-corrected chi connectivity index (χ2v) is 6.11. The Morgan fingerprint density at radius 3 is 2.76 bits per heavy atom. The maximum atomic E-state index is 12.3. The number of aliphatic hydroxyl groups is 1. The number of aliphatic imine (C=N–C) groups is 1. The third-order valence-electron chi connectivity index (χ3n) is 4.29. The first-order valence-electron chi connectivity index (χ1n) is 8.01. The molecule has 1 aliphatic heterocycles. The van der Waals surface area contributed by atoms with Gasteiger partial charge in [0, 0.05) is 39.4 Å². The van der Waals surface area contributed by atoms with E-state index in [1.54, 1.807) is 11.6 Å². The van der Waals surface area contributed by atoms with Gasteiger partial charge in [0.15, 0.2) is 11.2 Å². The van der Waals surface area contributed by atoms with Crippen molar-refractivity contribution in [3.05, 3.63) is 27.2 Å². The average Bonchev–Trinajstić information content (AvgIpc) is 3.21. The molecule has 1 unspecified atom stereocenters. The van der Waals surface area contributed by atoms with E-state index in [0.29, 0.717) is 24.3 Å². The first-order valence-corrected chi connectivity index (χ1v) is 8.01. The second kappa shape index (κ2) is 7.94. The van der Waals surface area contributed by atoms with Gasteiger partial charge in [-0.05, 0) is 12.8 Å². The number of aryl methyl sites for hydroxylation is 1. The summed E-state index contributed by atoms with van der Waals surface area (Å²) < 4.78 is 3.97. The normalized spacial score (nSPS) is 15.2. The summed E-state index contributed by atoms with van der Waals surface area (Å²) in [5.41, 5.74) is 0.949. The van der Waals surface area contributed by atoms with E-state index in [1.165, 1.54) is 17.9 Å². The largest absolute Gasteiger partial charge is 0.390 e. The van der Waals surface area contributed by atoms with E-state index < -0.39 is 17.4 Å². The van der Waals surface area contributed by atoms with Crippen LogP contribution in [0.4, 0.5) is 0 Å². The molecule has 3 rings (SSSR count). The summed E-state index contributed by atoms with van der Waals surface area (Å²) in [5, 5.41) is 13.4. The number of hydrogen-bond donors (Lipinski definition) is 2. The molecule has 0 saturated heterocycles. The van der Waals surface area contributed by atoms with Crippen LogP contribution in [0.15, 0.2) is 20.9 Å². The molecule has 138 valence electrons. The van der Waals surface area contributed by atoms with Crippen molar-refractivity contribution in [2.24, 2.45) is 19.1 Å². The minimum absolute atomic E-state index is 0. The number of nitrogens with one attached hydrogen (secondary N) is 1. The molecule has 10 heteroatoms. The summed E-state index contributed by atoms with van der Waals surface area (Å²) in [6, 6.07) is 0. The van der Waals surface area contributed by atoms with Crippen LogP contribution in [0.2, 0.25) is 0 Å². The lowest BCUT2D eigenvalue weighted by atomic mass is 10.2. The third kappa shape index (κ3) is 3.83. The van der Waals surface area contributed by atoms with Crippen LogP contribution in [0.1, 0.15) is 12.8 Å². The zero-order chi connectivity index (χ0) is 17.3. The topological polar surface area (TPSA) is 106 Å². The Labute approximate surface area is 150 Å². The van der Waals surface area contributed by atoms with E-state index in [9.17, 15) is 14.7 Å². The molecule has 0 spiro atoms. The van der Waals surface area contributed by atoms with Gasteiger partial charge in [0.1, 0.15) is 0 Å². The fourth-order valence-electron chi connectivity index (χ4n) is 2.95. The molecule has 3 heterocycles. The molecular formula is C15H23ClN6O3. The summed E-state index contributed by atoms with van der Waals surface area (Å²) >= 11 is 0. The first kappa shape index (κ1) is 19.4. The minimum Gasteiger partial charge on any atom is -0.390 e. The molecule has 0 saturated carbocycles. The van der Waals surface area contributed by atoms with Gasteiger partial charge in [-0.3, -0.25) is 18.9 Å². The van der Waals surface area contributed by atoms with Gasteiger partial charge in [-0.15, -0.1) is 12.4 Å². The van der Waals surface area contributed by atoms with E-state index in [0.717, 1.165) is 29.7 Å². The molecule has 0 aromatic carbocycles. The SMILES string of the molecule is Cl.Cn1c(=O)c2c(ncn2CC(O)CNCC2=NCCC2)n(C)c1=O. The second-order valence-electron chi connectivity index (χ2n) is 6.11. The highest BCUT2D eigenvalue weighted by Crippen LogP contribution is 2.06. The van der Waals surface area contributed by atoms with Crippen LogP contribution >= 0.6 is 12.4 Å². The van der Waals surface area contributed by atoms with E-state index in [-0.39, 0.29) is 19.0 Å². The molecule has 0 aliphatic carbocycles. The van der Waals surface area contributed by atoms with Crippen molar-refractivity contribution in [2.75, 3.05) is 19.6 Å². The Kier molecular flexibility index (Phi) is 6.15. The minimum atomic E-state index is -0.675. The van der Waals surface area contributed by atoms with Crippen molar-refractivity contribution in [3.8, 4) is 0 Å². The Hall–Kier alpha value is -1.97. The monoisotopic (exact) mass is 370 g/mol. The molecular weight excluding hydrogens is 348 g/mol. The van der Waals surface area contributed by atoms with Gasteiger partial charge in [-0.2, -0.15) is 0 Å². The molecule has 0 fully saturated rings. The molecule has 2 aromatic rings. The van der Waals surface area contributed by atoms with Gasteiger partial charge < -0.3 is 15.0 Å². The van der Waals surface area contributed by atoms with Crippen LogP contribution in [-0.2, 0) is 20.6 Å². The predicted molar refractivity (Wildman–Crippen MR) is 97.9 cm³/mol. The van der Waals surface area contributed by atoms with E-state index in [4.69, 9.17) is 0 Å². The zero-order valence-electron chi connectivity index (χ0n) is 14.3. The van der Waals surface area contributed by atoms with Crippen molar-refractivity contribution >= 4 is 29.3 Å². The van der Waals surface area contributed by atoms with Crippen molar-refractivity contribution in [1.82, 2.24) is 24.0 Å². The molecule has 0 bridgehead atoms. The van der Waals surface area contributed by atoms with Gasteiger partial charge in [0.25, 0.3) is 5.56 Å². The number of rotatable bonds is 6. The average molecular weight is 371 g/mol. The number of hydrogen-bond acceptors (Lipinski definition) is 6. The van der Waals surface area contributed by atoms with Crippen LogP contribution in [0.25, 0.3) is 11.2 Å². The standard InChI is InChI=1S/C15H22N6O3.ClH/c1-19-13-12(14(23)20(2)15(19)24)21(9-18-13)8-11(22)7-16-6-10-4-3-5-17-10;/h9,11,16,22H,3-8H2,1-2H3;1H. The summed E-state index contributed by atoms with van der Waals surface area (Å²) in [6.45, 7) is 2.19. The lowest BCUT2D eigenvalue weighted by Gasteiger charge is -2.13. The Balaban J connectivity index is 0.00000225. The number of aliphatic hydroxyl groups excluding tert-OH is 1. The number of imidazole rings is 1. The maximum absolute atomic E-state index is 12.3. The molecule has 1 aliphatic rings. The highest BCUT2D eigenvalue weighted by molar-refractivity contribution is 5.87. The Morgan fingerprint density at radius 2 is 2.08 bits per heavy atom. The lowest BCUT2D eigenvalue weighted by molar-refractivity contribution is 0.154. The number of fused-ring (bicyclic) bond motifs is 1. The molecule has 0 amide bonds. The van der Waals surface area contributed by atoms with Crippen LogP contribution in [-0.4, -0.2) is 55.2 Å². The van der Waals surface area contributed by atoms with Crippen LogP contribution < -0.4 is 16.6 Å². The number of halogens is 1. The van der Waals surface area contributed by atoms with E-state index in [2.05, 4.69) is 15.3 Å². The quantitative estimate of drug-likeness (QED) is 0.681.